The Hall–Kier alpha value is -1.69. The Labute approximate surface area is 80.2 Å². The number of carbonyl (C=O) groups is 3. The summed E-state index contributed by atoms with van der Waals surface area (Å²) < 4.78 is 0. The van der Waals surface area contributed by atoms with E-state index in [0.717, 1.165) is 12.3 Å². The van der Waals surface area contributed by atoms with Gasteiger partial charge in [-0.05, 0) is 6.08 Å². The molecule has 0 amide bonds. The second kappa shape index (κ2) is 6.79. The maximum Gasteiger partial charge on any atom is 0.328 e. The number of aliphatic carboxylic acids is 1. The lowest BCUT2D eigenvalue weighted by Gasteiger charge is -2.16. The van der Waals surface area contributed by atoms with Crippen molar-refractivity contribution in [2.75, 3.05) is 0 Å². The summed E-state index contributed by atoms with van der Waals surface area (Å²) in [5, 5.41) is 20.1. The topological polar surface area (TPSA) is 104 Å². The monoisotopic (exact) mass is 201 g/mol. The highest BCUT2D eigenvalue weighted by atomic mass is 16.4. The summed E-state index contributed by atoms with van der Waals surface area (Å²) in [4.78, 5) is 30.4. The van der Waals surface area contributed by atoms with Gasteiger partial charge in [-0.3, -0.25) is 4.79 Å². The molecule has 14 heavy (non-hydrogen) atoms. The molecule has 6 heteroatoms. The quantitative estimate of drug-likeness (QED) is 0.349. The third-order valence-electron chi connectivity index (χ3n) is 1.44. The minimum Gasteiger partial charge on any atom is -0.480 e. The summed E-state index contributed by atoms with van der Waals surface area (Å²) >= 11 is 0. The molecule has 0 heterocycles. The molecule has 0 saturated carbocycles. The molecule has 0 aromatic carbocycles. The average molecular weight is 201 g/mol. The molecular formula is C8H11NO5. The number of hydrogen-bond donors (Lipinski definition) is 3. The summed E-state index contributed by atoms with van der Waals surface area (Å²) in [6, 6.07) is -1.30. The third-order valence-corrected chi connectivity index (χ3v) is 1.44. The fourth-order valence-corrected chi connectivity index (χ4v) is 0.780. The fraction of sp³-hybridized carbons (Fsp3) is 0.375. The van der Waals surface area contributed by atoms with Gasteiger partial charge in [-0.2, -0.15) is 0 Å². The maximum absolute atomic E-state index is 10.5. The van der Waals surface area contributed by atoms with Crippen molar-refractivity contribution >= 4 is 18.5 Å². The van der Waals surface area contributed by atoms with Crippen LogP contribution in [0.2, 0.25) is 0 Å². The van der Waals surface area contributed by atoms with Crippen LogP contribution in [0.5, 0.6) is 0 Å². The molecule has 0 saturated heterocycles. The lowest BCUT2D eigenvalue weighted by Crippen LogP contribution is -2.43. The van der Waals surface area contributed by atoms with Crippen LogP contribution in [-0.2, 0) is 14.4 Å². The van der Waals surface area contributed by atoms with Gasteiger partial charge in [-0.15, -0.1) is 0 Å². The SMILES string of the molecule is O=CC=CNC(C(=O)O)C(O)CC=O. The molecule has 0 fully saturated rings. The first-order valence-corrected chi connectivity index (χ1v) is 3.84. The van der Waals surface area contributed by atoms with Crippen molar-refractivity contribution in [2.45, 2.75) is 18.6 Å². The predicted octanol–water partition coefficient (Wildman–Crippen LogP) is -1.31. The van der Waals surface area contributed by atoms with Crippen molar-refractivity contribution in [1.29, 1.82) is 0 Å². The van der Waals surface area contributed by atoms with Crippen LogP contribution >= 0.6 is 0 Å². The summed E-state index contributed by atoms with van der Waals surface area (Å²) in [7, 11) is 0. The van der Waals surface area contributed by atoms with Gasteiger partial charge in [-0.25, -0.2) is 4.79 Å². The number of carbonyl (C=O) groups excluding carboxylic acids is 2. The lowest BCUT2D eigenvalue weighted by atomic mass is 10.1. The highest BCUT2D eigenvalue weighted by Crippen LogP contribution is 1.97. The van der Waals surface area contributed by atoms with Crippen LogP contribution in [0.4, 0.5) is 0 Å². The van der Waals surface area contributed by atoms with Gasteiger partial charge >= 0.3 is 5.97 Å². The van der Waals surface area contributed by atoms with Gasteiger partial charge in [0.05, 0.1) is 6.10 Å². The lowest BCUT2D eigenvalue weighted by molar-refractivity contribution is -0.142. The van der Waals surface area contributed by atoms with E-state index in [9.17, 15) is 19.5 Å². The Kier molecular flexibility index (Phi) is 5.97. The molecule has 0 aliphatic heterocycles. The molecule has 3 N–H and O–H groups in total. The van der Waals surface area contributed by atoms with Crippen LogP contribution in [0.25, 0.3) is 0 Å². The molecule has 6 nitrogen and oxygen atoms in total. The van der Waals surface area contributed by atoms with Crippen molar-refractivity contribution in [3.63, 3.8) is 0 Å². The molecule has 0 spiro atoms. The van der Waals surface area contributed by atoms with Crippen LogP contribution in [0.15, 0.2) is 12.3 Å². The molecule has 0 rings (SSSR count). The Bertz CT molecular complexity index is 238. The number of nitrogens with one attached hydrogen (secondary N) is 1. The predicted molar refractivity (Wildman–Crippen MR) is 46.5 cm³/mol. The molecule has 0 aliphatic rings. The molecular weight excluding hydrogens is 190 g/mol. The molecule has 0 aliphatic carbocycles. The molecule has 0 bridgehead atoms. The van der Waals surface area contributed by atoms with E-state index in [4.69, 9.17) is 5.11 Å². The van der Waals surface area contributed by atoms with E-state index in [1.807, 2.05) is 0 Å². The standard InChI is InChI=1S/C8H11NO5/c10-4-1-3-9-7(8(13)14)6(12)2-5-11/h1,3-7,9,12H,2H2,(H,13,14). The number of hydrogen-bond acceptors (Lipinski definition) is 5. The Morgan fingerprint density at radius 3 is 2.50 bits per heavy atom. The van der Waals surface area contributed by atoms with Gasteiger partial charge in [0, 0.05) is 12.6 Å². The van der Waals surface area contributed by atoms with Crippen molar-refractivity contribution in [1.82, 2.24) is 5.32 Å². The van der Waals surface area contributed by atoms with Gasteiger partial charge in [0.25, 0.3) is 0 Å². The molecule has 0 aromatic heterocycles. The number of aldehydes is 2. The zero-order chi connectivity index (χ0) is 11.0. The summed E-state index contributed by atoms with van der Waals surface area (Å²) in [5.41, 5.74) is 0. The second-order valence-corrected chi connectivity index (χ2v) is 2.45. The largest absolute Gasteiger partial charge is 0.480 e. The zero-order valence-electron chi connectivity index (χ0n) is 7.29. The van der Waals surface area contributed by atoms with Crippen LogP contribution < -0.4 is 5.32 Å². The minimum absolute atomic E-state index is 0.279. The number of aliphatic hydroxyl groups excluding tert-OH is 1. The smallest absolute Gasteiger partial charge is 0.328 e. The molecule has 2 unspecified atom stereocenters. The van der Waals surface area contributed by atoms with Gasteiger partial charge in [-0.1, -0.05) is 0 Å². The number of carboxylic acids is 1. The Balaban J connectivity index is 4.27. The minimum atomic E-state index is -1.32. The van der Waals surface area contributed by atoms with Crippen LogP contribution in [0.1, 0.15) is 6.42 Å². The van der Waals surface area contributed by atoms with E-state index in [0.29, 0.717) is 12.6 Å². The highest BCUT2D eigenvalue weighted by Gasteiger charge is 2.24. The van der Waals surface area contributed by atoms with Gasteiger partial charge < -0.3 is 20.3 Å². The van der Waals surface area contributed by atoms with Crippen LogP contribution in [0.3, 0.4) is 0 Å². The normalized spacial score (nSPS) is 14.6. The number of aliphatic hydroxyl groups is 1. The van der Waals surface area contributed by atoms with E-state index in [1.54, 1.807) is 0 Å². The highest BCUT2D eigenvalue weighted by molar-refractivity contribution is 5.75. The van der Waals surface area contributed by atoms with Crippen molar-refractivity contribution in [2.24, 2.45) is 0 Å². The van der Waals surface area contributed by atoms with E-state index in [-0.39, 0.29) is 6.42 Å². The molecule has 0 aromatic rings. The third kappa shape index (κ3) is 4.36. The molecule has 78 valence electrons. The van der Waals surface area contributed by atoms with E-state index in [1.165, 1.54) is 0 Å². The van der Waals surface area contributed by atoms with Crippen molar-refractivity contribution in [3.8, 4) is 0 Å². The average Bonchev–Trinajstić information content (AvgIpc) is 2.12. The number of rotatable bonds is 7. The van der Waals surface area contributed by atoms with E-state index < -0.39 is 18.1 Å². The van der Waals surface area contributed by atoms with Gasteiger partial charge in [0.1, 0.15) is 12.6 Å². The fourth-order valence-electron chi connectivity index (χ4n) is 0.780. The van der Waals surface area contributed by atoms with Crippen LogP contribution in [0, 0.1) is 0 Å². The molecule has 2 atom stereocenters. The van der Waals surface area contributed by atoms with Crippen molar-refractivity contribution in [3.05, 3.63) is 12.3 Å². The van der Waals surface area contributed by atoms with Crippen LogP contribution in [-0.4, -0.2) is 40.9 Å². The van der Waals surface area contributed by atoms with E-state index >= 15 is 0 Å². The van der Waals surface area contributed by atoms with Gasteiger partial charge in [0.15, 0.2) is 6.04 Å². The summed E-state index contributed by atoms with van der Waals surface area (Å²) in [5.74, 6) is -1.30. The first kappa shape index (κ1) is 12.3. The molecule has 0 radical (unpaired) electrons. The summed E-state index contributed by atoms with van der Waals surface area (Å²) in [6.07, 6.45) is 1.42. The zero-order valence-corrected chi connectivity index (χ0v) is 7.29. The maximum atomic E-state index is 10.5. The Morgan fingerprint density at radius 1 is 1.43 bits per heavy atom. The number of carboxylic acid groups (broad SMARTS) is 1. The Morgan fingerprint density at radius 2 is 2.07 bits per heavy atom. The van der Waals surface area contributed by atoms with Gasteiger partial charge in [0.2, 0.25) is 0 Å². The van der Waals surface area contributed by atoms with E-state index in [2.05, 4.69) is 5.32 Å². The number of allylic oxidation sites excluding steroid dienone is 1. The summed E-state index contributed by atoms with van der Waals surface area (Å²) in [6.45, 7) is 0. The first-order valence-electron chi connectivity index (χ1n) is 3.84. The first-order chi connectivity index (χ1) is 6.63. The van der Waals surface area contributed by atoms with Crippen molar-refractivity contribution < 1.29 is 24.6 Å². The second-order valence-electron chi connectivity index (χ2n) is 2.45.